The molecule has 0 aliphatic rings. The van der Waals surface area contributed by atoms with Crippen LogP contribution in [0.2, 0.25) is 0 Å². The van der Waals surface area contributed by atoms with Gasteiger partial charge in [-0.2, -0.15) is 0 Å². The van der Waals surface area contributed by atoms with Gasteiger partial charge in [-0.1, -0.05) is 17.7 Å². The van der Waals surface area contributed by atoms with Crippen LogP contribution in [0.3, 0.4) is 0 Å². The predicted octanol–water partition coefficient (Wildman–Crippen LogP) is 2.15. The van der Waals surface area contributed by atoms with E-state index >= 15 is 0 Å². The molecule has 1 aromatic carbocycles. The minimum absolute atomic E-state index is 0.378. The van der Waals surface area contributed by atoms with E-state index in [2.05, 4.69) is 25.2 Å². The Balaban J connectivity index is 2.61. The fraction of sp³-hybridized carbons (Fsp3) is 0.357. The van der Waals surface area contributed by atoms with E-state index in [-0.39, 0.29) is 5.91 Å². The molecule has 0 spiro atoms. The van der Waals surface area contributed by atoms with Gasteiger partial charge in [0.1, 0.15) is 0 Å². The third kappa shape index (κ3) is 4.41. The summed E-state index contributed by atoms with van der Waals surface area (Å²) in [5, 5.41) is 3.33. The largest absolute Gasteiger partial charge is 0.366 e. The van der Waals surface area contributed by atoms with Gasteiger partial charge in [-0.15, -0.1) is 0 Å². The molecule has 1 aromatic rings. The fourth-order valence-electron chi connectivity index (χ4n) is 1.53. The van der Waals surface area contributed by atoms with Crippen LogP contribution in [0.5, 0.6) is 0 Å². The highest BCUT2D eigenvalue weighted by molar-refractivity contribution is 5.93. The second-order valence-electron chi connectivity index (χ2n) is 4.42. The Kier molecular flexibility index (Phi) is 4.91. The van der Waals surface area contributed by atoms with E-state index in [1.165, 1.54) is 11.1 Å². The summed E-state index contributed by atoms with van der Waals surface area (Å²) in [5.41, 5.74) is 9.38. The van der Waals surface area contributed by atoms with Crippen molar-refractivity contribution < 1.29 is 4.79 Å². The molecular weight excluding hydrogens is 212 g/mol. The molecule has 0 radical (unpaired) electrons. The maximum Gasteiger partial charge on any atom is 0.248 e. The van der Waals surface area contributed by atoms with E-state index in [0.717, 1.165) is 18.7 Å². The molecule has 0 saturated heterocycles. The number of carbonyl (C=O) groups is 1. The maximum atomic E-state index is 11.0. The molecule has 0 saturated carbocycles. The molecule has 0 aromatic heterocycles. The van der Waals surface area contributed by atoms with Gasteiger partial charge in [-0.3, -0.25) is 4.79 Å². The lowest BCUT2D eigenvalue weighted by molar-refractivity contribution is 0.1000. The highest BCUT2D eigenvalue weighted by atomic mass is 16.1. The zero-order valence-electron chi connectivity index (χ0n) is 10.7. The van der Waals surface area contributed by atoms with Crippen molar-refractivity contribution in [2.24, 2.45) is 5.73 Å². The Morgan fingerprint density at radius 1 is 1.41 bits per heavy atom. The number of nitrogens with two attached hydrogens (primary N) is 1. The Hall–Kier alpha value is -1.61. The van der Waals surface area contributed by atoms with Crippen molar-refractivity contribution in [3.8, 4) is 0 Å². The van der Waals surface area contributed by atoms with Crippen molar-refractivity contribution in [3.05, 3.63) is 46.5 Å². The van der Waals surface area contributed by atoms with Crippen LogP contribution in [0.15, 0.2) is 29.8 Å². The van der Waals surface area contributed by atoms with E-state index in [9.17, 15) is 4.79 Å². The Morgan fingerprint density at radius 3 is 2.65 bits per heavy atom. The van der Waals surface area contributed by atoms with Crippen LogP contribution in [0.4, 0.5) is 0 Å². The van der Waals surface area contributed by atoms with Crippen molar-refractivity contribution >= 4 is 5.91 Å². The van der Waals surface area contributed by atoms with Crippen LogP contribution in [0, 0.1) is 6.92 Å². The lowest BCUT2D eigenvalue weighted by Crippen LogP contribution is -2.15. The van der Waals surface area contributed by atoms with Crippen LogP contribution in [0.1, 0.15) is 35.3 Å². The highest BCUT2D eigenvalue weighted by Gasteiger charge is 2.03. The second-order valence-corrected chi connectivity index (χ2v) is 4.42. The molecule has 92 valence electrons. The summed E-state index contributed by atoms with van der Waals surface area (Å²) in [6, 6.07) is 5.55. The molecule has 1 rings (SSSR count). The van der Waals surface area contributed by atoms with Gasteiger partial charge in [-0.05, 0) is 44.0 Å². The first kappa shape index (κ1) is 13.5. The van der Waals surface area contributed by atoms with Crippen LogP contribution < -0.4 is 11.1 Å². The molecule has 1 amide bonds. The molecule has 0 aliphatic carbocycles. The van der Waals surface area contributed by atoms with E-state index in [0.29, 0.717) is 5.56 Å². The Morgan fingerprint density at radius 2 is 2.12 bits per heavy atom. The Labute approximate surface area is 103 Å². The fourth-order valence-corrected chi connectivity index (χ4v) is 1.53. The van der Waals surface area contributed by atoms with E-state index in [4.69, 9.17) is 5.73 Å². The summed E-state index contributed by atoms with van der Waals surface area (Å²) in [7, 11) is 0. The maximum absolute atomic E-state index is 11.0. The number of primary amides is 1. The van der Waals surface area contributed by atoms with Gasteiger partial charge in [0.15, 0.2) is 0 Å². The monoisotopic (exact) mass is 232 g/mol. The highest BCUT2D eigenvalue weighted by Crippen LogP contribution is 2.10. The summed E-state index contributed by atoms with van der Waals surface area (Å²) in [5.74, 6) is -0.378. The van der Waals surface area contributed by atoms with Gasteiger partial charge in [0.05, 0.1) is 0 Å². The molecule has 3 heteroatoms. The molecule has 0 unspecified atom stereocenters. The zero-order valence-corrected chi connectivity index (χ0v) is 10.7. The topological polar surface area (TPSA) is 55.1 Å². The predicted molar refractivity (Wildman–Crippen MR) is 70.8 cm³/mol. The lowest BCUT2D eigenvalue weighted by atomic mass is 10.0. The number of nitrogens with one attached hydrogen (secondary N) is 1. The van der Waals surface area contributed by atoms with E-state index in [1.807, 2.05) is 19.1 Å². The number of benzene rings is 1. The van der Waals surface area contributed by atoms with Crippen LogP contribution in [-0.2, 0) is 6.54 Å². The smallest absolute Gasteiger partial charge is 0.248 e. The second kappa shape index (κ2) is 6.21. The molecule has 3 nitrogen and oxygen atoms in total. The van der Waals surface area contributed by atoms with Crippen LogP contribution >= 0.6 is 0 Å². The van der Waals surface area contributed by atoms with Gasteiger partial charge in [0.25, 0.3) is 0 Å². The number of aryl methyl sites for hydroxylation is 1. The molecule has 0 bridgehead atoms. The van der Waals surface area contributed by atoms with Crippen LogP contribution in [-0.4, -0.2) is 12.5 Å². The van der Waals surface area contributed by atoms with Crippen molar-refractivity contribution in [1.29, 1.82) is 0 Å². The van der Waals surface area contributed by atoms with E-state index < -0.39 is 0 Å². The average Bonchev–Trinajstić information content (AvgIpc) is 2.25. The molecule has 0 heterocycles. The summed E-state index contributed by atoms with van der Waals surface area (Å²) in [4.78, 5) is 11.0. The summed E-state index contributed by atoms with van der Waals surface area (Å²) in [6.07, 6.45) is 2.15. The summed E-state index contributed by atoms with van der Waals surface area (Å²) in [6.45, 7) is 7.81. The molecular formula is C14H20N2O. The van der Waals surface area contributed by atoms with Gasteiger partial charge in [-0.25, -0.2) is 0 Å². The third-order valence-corrected chi connectivity index (χ3v) is 2.60. The van der Waals surface area contributed by atoms with Gasteiger partial charge >= 0.3 is 0 Å². The van der Waals surface area contributed by atoms with Crippen molar-refractivity contribution in [2.75, 3.05) is 6.54 Å². The average molecular weight is 232 g/mol. The third-order valence-electron chi connectivity index (χ3n) is 2.60. The van der Waals surface area contributed by atoms with E-state index in [1.54, 1.807) is 6.07 Å². The summed E-state index contributed by atoms with van der Waals surface area (Å²) >= 11 is 0. The standard InChI is InChI=1S/C14H20N2O/c1-10(2)6-7-16-9-13-5-4-12(14(15)17)8-11(13)3/h4-6,8,16H,7,9H2,1-3H3,(H2,15,17). The molecule has 0 fully saturated rings. The molecule has 0 aliphatic heterocycles. The molecule has 3 N–H and O–H groups in total. The minimum Gasteiger partial charge on any atom is -0.366 e. The minimum atomic E-state index is -0.378. The number of amides is 1. The van der Waals surface area contributed by atoms with Gasteiger partial charge in [0.2, 0.25) is 5.91 Å². The summed E-state index contributed by atoms with van der Waals surface area (Å²) < 4.78 is 0. The van der Waals surface area contributed by atoms with Gasteiger partial charge in [0, 0.05) is 18.7 Å². The van der Waals surface area contributed by atoms with Crippen molar-refractivity contribution in [2.45, 2.75) is 27.3 Å². The van der Waals surface area contributed by atoms with Crippen molar-refractivity contribution in [1.82, 2.24) is 5.32 Å². The Bertz CT molecular complexity index is 432. The molecule has 0 atom stereocenters. The normalized spacial score (nSPS) is 10.1. The van der Waals surface area contributed by atoms with Crippen LogP contribution in [0.25, 0.3) is 0 Å². The van der Waals surface area contributed by atoms with Crippen molar-refractivity contribution in [3.63, 3.8) is 0 Å². The molecule has 17 heavy (non-hydrogen) atoms. The number of carbonyl (C=O) groups excluding carboxylic acids is 1. The number of rotatable bonds is 5. The zero-order chi connectivity index (χ0) is 12.8. The lowest BCUT2D eigenvalue weighted by Gasteiger charge is -2.07. The quantitative estimate of drug-likeness (QED) is 0.603. The number of allylic oxidation sites excluding steroid dienone is 1. The SMILES string of the molecule is CC(C)=CCNCc1ccc(C(N)=O)cc1C. The van der Waals surface area contributed by atoms with Gasteiger partial charge < -0.3 is 11.1 Å². The first-order chi connectivity index (χ1) is 8.00. The number of hydrogen-bond donors (Lipinski definition) is 2. The first-order valence-corrected chi connectivity index (χ1v) is 5.74. The number of hydrogen-bond acceptors (Lipinski definition) is 2. The first-order valence-electron chi connectivity index (χ1n) is 5.74.